The Bertz CT molecular complexity index is 928. The van der Waals surface area contributed by atoms with Gasteiger partial charge in [0.05, 0.1) is 5.39 Å². The van der Waals surface area contributed by atoms with Crippen molar-refractivity contribution in [2.45, 2.75) is 46.1 Å². The lowest BCUT2D eigenvalue weighted by Gasteiger charge is -2.10. The highest BCUT2D eigenvalue weighted by Gasteiger charge is 2.25. The summed E-state index contributed by atoms with van der Waals surface area (Å²) in [5, 5.41) is 4.99. The van der Waals surface area contributed by atoms with E-state index in [1.54, 1.807) is 11.3 Å². The molecule has 124 valence electrons. The predicted octanol–water partition coefficient (Wildman–Crippen LogP) is 5.77. The minimum atomic E-state index is 0.321. The van der Waals surface area contributed by atoms with Gasteiger partial charge in [-0.2, -0.15) is 0 Å². The van der Waals surface area contributed by atoms with Crippen molar-refractivity contribution in [1.29, 1.82) is 0 Å². The van der Waals surface area contributed by atoms with Crippen molar-refractivity contribution in [3.05, 3.63) is 39.5 Å². The highest BCUT2D eigenvalue weighted by molar-refractivity contribution is 7.19. The van der Waals surface area contributed by atoms with Crippen molar-refractivity contribution in [3.8, 4) is 11.1 Å². The van der Waals surface area contributed by atoms with Crippen LogP contribution in [0.4, 0.5) is 5.82 Å². The Morgan fingerprint density at radius 1 is 1.21 bits per heavy atom. The Morgan fingerprint density at radius 2 is 2.00 bits per heavy atom. The van der Waals surface area contributed by atoms with Gasteiger partial charge in [-0.15, -0.1) is 11.3 Å². The molecule has 0 spiro atoms. The van der Waals surface area contributed by atoms with E-state index >= 15 is 0 Å². The van der Waals surface area contributed by atoms with Gasteiger partial charge in [0.25, 0.3) is 0 Å². The molecule has 0 aliphatic heterocycles. The maximum absolute atomic E-state index is 6.17. The molecule has 1 aliphatic rings. The van der Waals surface area contributed by atoms with Crippen LogP contribution >= 0.6 is 22.9 Å². The van der Waals surface area contributed by atoms with Crippen molar-refractivity contribution in [2.75, 3.05) is 5.32 Å². The van der Waals surface area contributed by atoms with Gasteiger partial charge in [0.15, 0.2) is 0 Å². The number of hydrogen-bond donors (Lipinski definition) is 1. The zero-order valence-electron chi connectivity index (χ0n) is 14.1. The zero-order chi connectivity index (χ0) is 16.8. The molecule has 24 heavy (non-hydrogen) atoms. The number of nitrogens with one attached hydrogen (secondary N) is 1. The van der Waals surface area contributed by atoms with Gasteiger partial charge in [-0.1, -0.05) is 25.1 Å². The average molecular weight is 358 g/mol. The molecule has 3 nitrogen and oxygen atoms in total. The minimum absolute atomic E-state index is 0.321. The van der Waals surface area contributed by atoms with E-state index in [0.29, 0.717) is 11.3 Å². The lowest BCUT2D eigenvalue weighted by atomic mass is 9.98. The fourth-order valence-electron chi connectivity index (χ4n) is 3.00. The molecule has 0 atom stereocenters. The van der Waals surface area contributed by atoms with Gasteiger partial charge in [-0.3, -0.25) is 0 Å². The largest absolute Gasteiger partial charge is 0.367 e. The smallest absolute Gasteiger partial charge is 0.225 e. The number of anilines is 1. The van der Waals surface area contributed by atoms with Gasteiger partial charge in [0.2, 0.25) is 5.28 Å². The van der Waals surface area contributed by atoms with Gasteiger partial charge in [-0.05, 0) is 61.4 Å². The lowest BCUT2D eigenvalue weighted by molar-refractivity contribution is 1.11. The molecular formula is C19H20ClN3S. The SMILES string of the molecule is CCc1sc2nc(Cl)nc(NC3CC3)c2c1-c1ccc(C)c(C)c1. The topological polar surface area (TPSA) is 37.8 Å². The standard InChI is InChI=1S/C19H20ClN3S/c1-4-14-15(12-6-5-10(2)11(3)9-12)16-17(21-13-7-8-13)22-19(20)23-18(16)24-14/h5-6,9,13H,4,7-8H2,1-3H3,(H,21,22,23). The number of fused-ring (bicyclic) bond motifs is 1. The van der Waals surface area contributed by atoms with Crippen LogP contribution < -0.4 is 5.32 Å². The molecule has 1 aliphatic carbocycles. The van der Waals surface area contributed by atoms with Crippen LogP contribution in [0, 0.1) is 13.8 Å². The van der Waals surface area contributed by atoms with Crippen LogP contribution in [-0.2, 0) is 6.42 Å². The van der Waals surface area contributed by atoms with Crippen LogP contribution in [-0.4, -0.2) is 16.0 Å². The van der Waals surface area contributed by atoms with Gasteiger partial charge < -0.3 is 5.32 Å². The Hall–Kier alpha value is -1.65. The zero-order valence-corrected chi connectivity index (χ0v) is 15.7. The van der Waals surface area contributed by atoms with Crippen molar-refractivity contribution < 1.29 is 0 Å². The Kier molecular flexibility index (Phi) is 3.97. The van der Waals surface area contributed by atoms with E-state index in [-0.39, 0.29) is 0 Å². The first kappa shape index (κ1) is 15.9. The molecule has 0 saturated heterocycles. The summed E-state index contributed by atoms with van der Waals surface area (Å²) in [4.78, 5) is 11.3. The van der Waals surface area contributed by atoms with Crippen molar-refractivity contribution in [3.63, 3.8) is 0 Å². The molecule has 5 heteroatoms. The molecule has 0 bridgehead atoms. The molecule has 0 radical (unpaired) electrons. The van der Waals surface area contributed by atoms with Crippen LogP contribution in [0.25, 0.3) is 21.3 Å². The fraction of sp³-hybridized carbons (Fsp3) is 0.368. The third kappa shape index (κ3) is 2.78. The molecule has 1 N–H and O–H groups in total. The average Bonchev–Trinajstić information content (AvgIpc) is 3.28. The van der Waals surface area contributed by atoms with E-state index in [9.17, 15) is 0 Å². The third-order valence-corrected chi connectivity index (χ3v) is 6.03. The van der Waals surface area contributed by atoms with Crippen LogP contribution in [0.3, 0.4) is 0 Å². The molecule has 2 heterocycles. The minimum Gasteiger partial charge on any atom is -0.367 e. The number of halogens is 1. The van der Waals surface area contributed by atoms with Crippen molar-refractivity contribution in [2.24, 2.45) is 0 Å². The molecule has 1 aromatic carbocycles. The number of aromatic nitrogens is 2. The van der Waals surface area contributed by atoms with E-state index in [0.717, 1.165) is 22.5 Å². The van der Waals surface area contributed by atoms with Crippen molar-refractivity contribution >= 4 is 39.0 Å². The first-order valence-corrected chi connectivity index (χ1v) is 9.59. The van der Waals surface area contributed by atoms with Crippen LogP contribution in [0.15, 0.2) is 18.2 Å². The normalized spacial score (nSPS) is 14.3. The van der Waals surface area contributed by atoms with Crippen LogP contribution in [0.5, 0.6) is 0 Å². The number of rotatable bonds is 4. The number of nitrogens with zero attached hydrogens (tertiary/aromatic N) is 2. The molecule has 4 rings (SSSR count). The summed E-state index contributed by atoms with van der Waals surface area (Å²) in [5.74, 6) is 0.886. The van der Waals surface area contributed by atoms with E-state index in [2.05, 4.69) is 54.3 Å². The number of aryl methyl sites for hydroxylation is 3. The Labute approximate surface area is 151 Å². The first-order chi connectivity index (χ1) is 11.6. The van der Waals surface area contributed by atoms with Gasteiger partial charge in [0, 0.05) is 16.5 Å². The van der Waals surface area contributed by atoms with E-state index in [1.165, 1.54) is 40.0 Å². The summed E-state index contributed by atoms with van der Waals surface area (Å²) in [7, 11) is 0. The highest BCUT2D eigenvalue weighted by atomic mass is 35.5. The molecule has 3 aromatic rings. The summed E-state index contributed by atoms with van der Waals surface area (Å²) < 4.78 is 0. The van der Waals surface area contributed by atoms with Crippen LogP contribution in [0.2, 0.25) is 5.28 Å². The summed E-state index contributed by atoms with van der Waals surface area (Å²) in [6.07, 6.45) is 3.38. The summed E-state index contributed by atoms with van der Waals surface area (Å²) in [6.45, 7) is 6.50. The number of benzene rings is 1. The summed E-state index contributed by atoms with van der Waals surface area (Å²) in [6, 6.07) is 7.19. The van der Waals surface area contributed by atoms with E-state index in [1.807, 2.05) is 0 Å². The lowest BCUT2D eigenvalue weighted by Crippen LogP contribution is -2.04. The number of hydrogen-bond acceptors (Lipinski definition) is 4. The van der Waals surface area contributed by atoms with Gasteiger partial charge >= 0.3 is 0 Å². The summed E-state index contributed by atoms with van der Waals surface area (Å²) in [5.41, 5.74) is 5.12. The Morgan fingerprint density at radius 3 is 2.67 bits per heavy atom. The molecule has 0 unspecified atom stereocenters. The summed E-state index contributed by atoms with van der Waals surface area (Å²) >= 11 is 7.90. The van der Waals surface area contributed by atoms with E-state index < -0.39 is 0 Å². The third-order valence-electron chi connectivity index (χ3n) is 4.63. The second kappa shape index (κ2) is 6.01. The second-order valence-electron chi connectivity index (χ2n) is 6.49. The maximum atomic E-state index is 6.17. The molecule has 0 amide bonds. The van der Waals surface area contributed by atoms with Crippen LogP contribution in [0.1, 0.15) is 35.8 Å². The maximum Gasteiger partial charge on any atom is 0.225 e. The molecule has 2 aromatic heterocycles. The second-order valence-corrected chi connectivity index (χ2v) is 7.91. The quantitative estimate of drug-likeness (QED) is 0.603. The van der Waals surface area contributed by atoms with Crippen molar-refractivity contribution in [1.82, 2.24) is 9.97 Å². The molecule has 1 fully saturated rings. The fourth-order valence-corrected chi connectivity index (χ4v) is 4.35. The highest BCUT2D eigenvalue weighted by Crippen LogP contribution is 2.43. The van der Waals surface area contributed by atoms with Gasteiger partial charge in [-0.25, -0.2) is 9.97 Å². The Balaban J connectivity index is 1.99. The first-order valence-electron chi connectivity index (χ1n) is 8.40. The van der Waals surface area contributed by atoms with E-state index in [4.69, 9.17) is 11.6 Å². The molecule has 1 saturated carbocycles. The number of thiophene rings is 1. The predicted molar refractivity (Wildman–Crippen MR) is 103 cm³/mol. The monoisotopic (exact) mass is 357 g/mol. The molecular weight excluding hydrogens is 338 g/mol. The van der Waals surface area contributed by atoms with Gasteiger partial charge in [0.1, 0.15) is 10.6 Å².